The lowest BCUT2D eigenvalue weighted by atomic mass is 10.0. The van der Waals surface area contributed by atoms with E-state index in [1.54, 1.807) is 7.11 Å². The van der Waals surface area contributed by atoms with Crippen molar-refractivity contribution in [2.75, 3.05) is 26.7 Å². The van der Waals surface area contributed by atoms with E-state index in [0.717, 1.165) is 13.0 Å². The smallest absolute Gasteiger partial charge is 0.254 e. The lowest BCUT2D eigenvalue weighted by Crippen LogP contribution is -2.49. The van der Waals surface area contributed by atoms with Gasteiger partial charge in [0.25, 0.3) is 5.91 Å². The lowest BCUT2D eigenvalue weighted by Gasteiger charge is -2.34. The van der Waals surface area contributed by atoms with E-state index < -0.39 is 5.60 Å². The second kappa shape index (κ2) is 7.67. The number of methoxy groups -OCH3 is 1. The third-order valence-electron chi connectivity index (χ3n) is 3.08. The summed E-state index contributed by atoms with van der Waals surface area (Å²) in [6.07, 6.45) is 1.52. The third kappa shape index (κ3) is 5.04. The number of hydrogen-bond acceptors (Lipinski definition) is 3. The van der Waals surface area contributed by atoms with Crippen LogP contribution in [0.15, 0.2) is 0 Å². The van der Waals surface area contributed by atoms with Crippen LogP contribution < -0.4 is 5.73 Å². The van der Waals surface area contributed by atoms with Gasteiger partial charge in [-0.15, -0.1) is 0 Å². The minimum atomic E-state index is -0.705. The number of carbonyl (C=O) groups excluding carboxylic acids is 1. The summed E-state index contributed by atoms with van der Waals surface area (Å²) in [5.74, 6) is 0.527. The van der Waals surface area contributed by atoms with E-state index in [1.807, 2.05) is 18.7 Å². The van der Waals surface area contributed by atoms with E-state index in [0.29, 0.717) is 25.4 Å². The average Bonchev–Trinajstić information content (AvgIpc) is 2.32. The van der Waals surface area contributed by atoms with Crippen LogP contribution in [0.5, 0.6) is 0 Å². The molecule has 0 aliphatic rings. The summed E-state index contributed by atoms with van der Waals surface area (Å²) >= 11 is 0. The van der Waals surface area contributed by atoms with Crippen molar-refractivity contribution < 1.29 is 9.53 Å². The number of carbonyl (C=O) groups is 1. The average molecular weight is 244 g/mol. The number of amides is 1. The van der Waals surface area contributed by atoms with Gasteiger partial charge < -0.3 is 15.4 Å². The van der Waals surface area contributed by atoms with Crippen molar-refractivity contribution >= 4 is 5.91 Å². The molecule has 0 spiro atoms. The molecule has 0 aromatic heterocycles. The predicted octanol–water partition coefficient (Wildman–Crippen LogP) is 1.63. The van der Waals surface area contributed by atoms with Gasteiger partial charge in [0.05, 0.1) is 0 Å². The number of nitrogens with zero attached hydrogens (tertiary/aromatic N) is 1. The molecule has 17 heavy (non-hydrogen) atoms. The molecule has 4 heteroatoms. The highest BCUT2D eigenvalue weighted by Crippen LogP contribution is 2.18. The number of rotatable bonds is 8. The van der Waals surface area contributed by atoms with Gasteiger partial charge in [0.2, 0.25) is 0 Å². The molecule has 0 radical (unpaired) electrons. The van der Waals surface area contributed by atoms with Crippen LogP contribution in [0.2, 0.25) is 0 Å². The van der Waals surface area contributed by atoms with Crippen LogP contribution in [0.4, 0.5) is 0 Å². The van der Waals surface area contributed by atoms with Crippen molar-refractivity contribution in [3.8, 4) is 0 Å². The van der Waals surface area contributed by atoms with Crippen molar-refractivity contribution in [3.63, 3.8) is 0 Å². The largest absolute Gasteiger partial charge is 0.369 e. The Morgan fingerprint density at radius 2 is 2.06 bits per heavy atom. The van der Waals surface area contributed by atoms with Crippen LogP contribution in [-0.4, -0.2) is 43.2 Å². The Morgan fingerprint density at radius 1 is 1.47 bits per heavy atom. The van der Waals surface area contributed by atoms with Crippen LogP contribution >= 0.6 is 0 Å². The molecule has 0 aliphatic carbocycles. The van der Waals surface area contributed by atoms with Gasteiger partial charge in [0.1, 0.15) is 5.60 Å². The minimum Gasteiger partial charge on any atom is -0.369 e. The molecule has 0 saturated heterocycles. The van der Waals surface area contributed by atoms with Crippen molar-refractivity contribution in [2.45, 2.75) is 46.1 Å². The second-order valence-electron chi connectivity index (χ2n) is 5.08. The minimum absolute atomic E-state index is 0.0738. The molecular formula is C13H28N2O2. The molecule has 0 fully saturated rings. The number of ether oxygens (including phenoxy) is 1. The Labute approximate surface area is 105 Å². The third-order valence-corrected chi connectivity index (χ3v) is 3.08. The quantitative estimate of drug-likeness (QED) is 0.706. The van der Waals surface area contributed by atoms with Gasteiger partial charge >= 0.3 is 0 Å². The molecule has 102 valence electrons. The number of nitrogens with two attached hydrogens (primary N) is 1. The Kier molecular flexibility index (Phi) is 7.39. The highest BCUT2D eigenvalue weighted by Gasteiger charge is 2.34. The molecule has 0 aromatic carbocycles. The van der Waals surface area contributed by atoms with Crippen LogP contribution in [0.3, 0.4) is 0 Å². The Morgan fingerprint density at radius 3 is 2.41 bits per heavy atom. The molecule has 1 atom stereocenters. The normalized spacial score (nSPS) is 14.8. The predicted molar refractivity (Wildman–Crippen MR) is 70.8 cm³/mol. The molecule has 1 amide bonds. The molecular weight excluding hydrogens is 216 g/mol. The molecule has 0 saturated carbocycles. The van der Waals surface area contributed by atoms with Gasteiger partial charge in [0, 0.05) is 20.2 Å². The highest BCUT2D eigenvalue weighted by molar-refractivity contribution is 5.84. The van der Waals surface area contributed by atoms with Crippen molar-refractivity contribution in [1.29, 1.82) is 0 Å². The first-order valence-corrected chi connectivity index (χ1v) is 6.45. The SMILES string of the molecule is CCC(C)(OC)C(=O)N(CCCN)CC(C)C. The molecule has 2 N–H and O–H groups in total. The Hall–Kier alpha value is -0.610. The van der Waals surface area contributed by atoms with Gasteiger partial charge in [-0.05, 0) is 32.2 Å². The molecule has 0 bridgehead atoms. The Balaban J connectivity index is 4.71. The van der Waals surface area contributed by atoms with E-state index in [4.69, 9.17) is 10.5 Å². The van der Waals surface area contributed by atoms with Crippen LogP contribution in [0, 0.1) is 5.92 Å². The van der Waals surface area contributed by atoms with Gasteiger partial charge in [-0.3, -0.25) is 4.79 Å². The van der Waals surface area contributed by atoms with Gasteiger partial charge in [-0.25, -0.2) is 0 Å². The van der Waals surface area contributed by atoms with Gasteiger partial charge in [-0.1, -0.05) is 20.8 Å². The van der Waals surface area contributed by atoms with E-state index in [9.17, 15) is 4.79 Å². The second-order valence-corrected chi connectivity index (χ2v) is 5.08. The summed E-state index contributed by atoms with van der Waals surface area (Å²) < 4.78 is 5.37. The summed E-state index contributed by atoms with van der Waals surface area (Å²) in [6, 6.07) is 0. The molecule has 0 aromatic rings. The standard InChI is InChI=1S/C13H28N2O2/c1-6-13(4,17-5)12(16)15(9-7-8-14)10-11(2)3/h11H,6-10,14H2,1-5H3. The first-order chi connectivity index (χ1) is 7.91. The van der Waals surface area contributed by atoms with Crippen LogP contribution in [0.25, 0.3) is 0 Å². The molecule has 0 heterocycles. The fraction of sp³-hybridized carbons (Fsp3) is 0.923. The maximum atomic E-state index is 12.4. The zero-order valence-corrected chi connectivity index (χ0v) is 12.0. The van der Waals surface area contributed by atoms with Crippen LogP contribution in [-0.2, 0) is 9.53 Å². The van der Waals surface area contributed by atoms with E-state index in [-0.39, 0.29) is 5.91 Å². The summed E-state index contributed by atoms with van der Waals surface area (Å²) in [5.41, 5.74) is 4.81. The van der Waals surface area contributed by atoms with E-state index in [2.05, 4.69) is 13.8 Å². The Bertz CT molecular complexity index is 225. The highest BCUT2D eigenvalue weighted by atomic mass is 16.5. The van der Waals surface area contributed by atoms with E-state index >= 15 is 0 Å². The first kappa shape index (κ1) is 16.4. The summed E-state index contributed by atoms with van der Waals surface area (Å²) in [4.78, 5) is 14.3. The fourth-order valence-electron chi connectivity index (χ4n) is 1.72. The van der Waals surface area contributed by atoms with Crippen molar-refractivity contribution in [3.05, 3.63) is 0 Å². The lowest BCUT2D eigenvalue weighted by molar-refractivity contribution is -0.154. The molecule has 1 unspecified atom stereocenters. The van der Waals surface area contributed by atoms with Crippen molar-refractivity contribution in [1.82, 2.24) is 4.90 Å². The molecule has 0 rings (SSSR count). The zero-order valence-electron chi connectivity index (χ0n) is 12.0. The summed E-state index contributed by atoms with van der Waals surface area (Å²) in [5, 5.41) is 0. The fourth-order valence-corrected chi connectivity index (χ4v) is 1.72. The molecule has 4 nitrogen and oxygen atoms in total. The zero-order chi connectivity index (χ0) is 13.5. The maximum Gasteiger partial charge on any atom is 0.254 e. The summed E-state index contributed by atoms with van der Waals surface area (Å²) in [7, 11) is 1.60. The topological polar surface area (TPSA) is 55.6 Å². The van der Waals surface area contributed by atoms with Crippen LogP contribution in [0.1, 0.15) is 40.5 Å². The van der Waals surface area contributed by atoms with Crippen molar-refractivity contribution in [2.24, 2.45) is 11.7 Å². The van der Waals surface area contributed by atoms with E-state index in [1.165, 1.54) is 0 Å². The maximum absolute atomic E-state index is 12.4. The van der Waals surface area contributed by atoms with Gasteiger partial charge in [-0.2, -0.15) is 0 Å². The number of hydrogen-bond donors (Lipinski definition) is 1. The first-order valence-electron chi connectivity index (χ1n) is 6.45. The molecule has 0 aliphatic heterocycles. The van der Waals surface area contributed by atoms with Gasteiger partial charge in [0.15, 0.2) is 0 Å². The summed E-state index contributed by atoms with van der Waals surface area (Å²) in [6.45, 7) is 10.1. The monoisotopic (exact) mass is 244 g/mol.